The van der Waals surface area contributed by atoms with E-state index in [9.17, 15) is 22.4 Å². The molecular formula is C36H38Cl2FN3O6S. The number of halogens is 3. The molecule has 0 spiro atoms. The summed E-state index contributed by atoms with van der Waals surface area (Å²) in [4.78, 5) is 29.7. The molecule has 0 bridgehead atoms. The summed E-state index contributed by atoms with van der Waals surface area (Å²) in [5.74, 6) is -1.33. The van der Waals surface area contributed by atoms with Crippen LogP contribution in [0.2, 0.25) is 10.0 Å². The molecule has 0 aromatic heterocycles. The van der Waals surface area contributed by atoms with Gasteiger partial charge in [0.1, 0.15) is 18.4 Å². The van der Waals surface area contributed by atoms with Crippen molar-refractivity contribution in [2.45, 2.75) is 50.2 Å². The van der Waals surface area contributed by atoms with E-state index in [4.69, 9.17) is 32.7 Å². The summed E-state index contributed by atoms with van der Waals surface area (Å²) in [6, 6.07) is 21.4. The van der Waals surface area contributed by atoms with Crippen LogP contribution in [0.3, 0.4) is 0 Å². The highest BCUT2D eigenvalue weighted by molar-refractivity contribution is 7.92. The SMILES string of the molecule is CC[C@@H](C)NC(=O)[C@@H](Cc1ccccc1)N(Cc1c(Cl)cccc1Cl)C(=O)CN(c1ccc(F)cc1)S(=O)(=O)c1ccc(OC)c(OC)c1. The summed E-state index contributed by atoms with van der Waals surface area (Å²) in [5, 5.41) is 3.50. The molecule has 2 amide bonds. The molecule has 0 aliphatic heterocycles. The van der Waals surface area contributed by atoms with E-state index in [0.29, 0.717) is 17.7 Å². The number of rotatable bonds is 15. The number of sulfonamides is 1. The van der Waals surface area contributed by atoms with Crippen LogP contribution in [0.1, 0.15) is 31.4 Å². The van der Waals surface area contributed by atoms with E-state index in [1.54, 1.807) is 18.2 Å². The number of anilines is 1. The first kappa shape index (κ1) is 37.5. The van der Waals surface area contributed by atoms with Crippen molar-refractivity contribution in [2.75, 3.05) is 25.1 Å². The topological polar surface area (TPSA) is 105 Å². The van der Waals surface area contributed by atoms with Gasteiger partial charge in [0.2, 0.25) is 11.8 Å². The Kier molecular flexibility index (Phi) is 12.9. The highest BCUT2D eigenvalue weighted by atomic mass is 35.5. The third-order valence-corrected chi connectivity index (χ3v) is 10.5. The lowest BCUT2D eigenvalue weighted by molar-refractivity contribution is -0.140. The molecular weight excluding hydrogens is 692 g/mol. The van der Waals surface area contributed by atoms with Crippen molar-refractivity contribution in [3.05, 3.63) is 118 Å². The van der Waals surface area contributed by atoms with Gasteiger partial charge >= 0.3 is 0 Å². The molecule has 260 valence electrons. The fraction of sp³-hybridized carbons (Fsp3) is 0.278. The maximum atomic E-state index is 14.6. The van der Waals surface area contributed by atoms with Gasteiger partial charge in [0.25, 0.3) is 10.0 Å². The first-order chi connectivity index (χ1) is 23.4. The van der Waals surface area contributed by atoms with Gasteiger partial charge in [-0.1, -0.05) is 66.5 Å². The zero-order valence-electron chi connectivity index (χ0n) is 27.5. The zero-order chi connectivity index (χ0) is 35.7. The highest BCUT2D eigenvalue weighted by Crippen LogP contribution is 2.33. The van der Waals surface area contributed by atoms with Crippen molar-refractivity contribution >= 4 is 50.7 Å². The van der Waals surface area contributed by atoms with E-state index in [0.717, 1.165) is 22.0 Å². The largest absolute Gasteiger partial charge is 0.493 e. The molecule has 4 aromatic carbocycles. The molecule has 0 heterocycles. The third kappa shape index (κ3) is 9.23. The van der Waals surface area contributed by atoms with Crippen molar-refractivity contribution in [3.63, 3.8) is 0 Å². The average Bonchev–Trinajstić information content (AvgIpc) is 3.10. The van der Waals surface area contributed by atoms with Crippen molar-refractivity contribution < 1.29 is 31.9 Å². The van der Waals surface area contributed by atoms with Gasteiger partial charge in [0, 0.05) is 40.7 Å². The molecule has 0 aliphatic carbocycles. The fourth-order valence-electron chi connectivity index (χ4n) is 5.09. The van der Waals surface area contributed by atoms with Gasteiger partial charge < -0.3 is 19.7 Å². The van der Waals surface area contributed by atoms with E-state index in [-0.39, 0.29) is 45.4 Å². The summed E-state index contributed by atoms with van der Waals surface area (Å²) in [5.41, 5.74) is 1.16. The van der Waals surface area contributed by atoms with E-state index < -0.39 is 40.2 Å². The molecule has 4 aromatic rings. The summed E-state index contributed by atoms with van der Waals surface area (Å²) in [6.45, 7) is 2.80. The lowest BCUT2D eigenvalue weighted by Crippen LogP contribution is -2.54. The van der Waals surface area contributed by atoms with E-state index >= 15 is 0 Å². The van der Waals surface area contributed by atoms with Gasteiger partial charge in [-0.15, -0.1) is 0 Å². The quantitative estimate of drug-likeness (QED) is 0.143. The lowest BCUT2D eigenvalue weighted by Gasteiger charge is -2.34. The Labute approximate surface area is 296 Å². The lowest BCUT2D eigenvalue weighted by atomic mass is 10.0. The van der Waals surface area contributed by atoms with Crippen molar-refractivity contribution in [2.24, 2.45) is 0 Å². The van der Waals surface area contributed by atoms with Crippen molar-refractivity contribution in [1.29, 1.82) is 0 Å². The number of hydrogen-bond acceptors (Lipinski definition) is 6. The molecule has 0 fully saturated rings. The normalized spacial score (nSPS) is 12.5. The minimum Gasteiger partial charge on any atom is -0.493 e. The molecule has 0 radical (unpaired) electrons. The number of amides is 2. The number of carbonyl (C=O) groups is 2. The first-order valence-electron chi connectivity index (χ1n) is 15.5. The molecule has 49 heavy (non-hydrogen) atoms. The smallest absolute Gasteiger partial charge is 0.264 e. The molecule has 2 atom stereocenters. The summed E-state index contributed by atoms with van der Waals surface area (Å²) in [6.07, 6.45) is 0.742. The van der Waals surface area contributed by atoms with Gasteiger partial charge in [-0.05, 0) is 67.4 Å². The predicted molar refractivity (Wildman–Crippen MR) is 189 cm³/mol. The monoisotopic (exact) mass is 729 g/mol. The summed E-state index contributed by atoms with van der Waals surface area (Å²) < 4.78 is 54.2. The Morgan fingerprint density at radius 2 is 1.51 bits per heavy atom. The Hall–Kier alpha value is -4.32. The second-order valence-corrected chi connectivity index (χ2v) is 13.9. The van der Waals surface area contributed by atoms with Gasteiger partial charge in [-0.2, -0.15) is 0 Å². The maximum absolute atomic E-state index is 14.6. The Balaban J connectivity index is 1.86. The Morgan fingerprint density at radius 1 is 0.878 bits per heavy atom. The van der Waals surface area contributed by atoms with Gasteiger partial charge in [-0.25, -0.2) is 12.8 Å². The van der Waals surface area contributed by atoms with Gasteiger partial charge in [0.15, 0.2) is 11.5 Å². The second kappa shape index (κ2) is 16.9. The third-order valence-electron chi connectivity index (χ3n) is 8.00. The molecule has 9 nitrogen and oxygen atoms in total. The van der Waals surface area contributed by atoms with Crippen molar-refractivity contribution in [3.8, 4) is 11.5 Å². The van der Waals surface area contributed by atoms with Gasteiger partial charge in [-0.3, -0.25) is 13.9 Å². The maximum Gasteiger partial charge on any atom is 0.264 e. The van der Waals surface area contributed by atoms with Gasteiger partial charge in [0.05, 0.1) is 24.8 Å². The Morgan fingerprint density at radius 3 is 2.10 bits per heavy atom. The minimum absolute atomic E-state index is 0.0175. The molecule has 0 aliphatic rings. The van der Waals surface area contributed by atoms with Crippen LogP contribution < -0.4 is 19.1 Å². The van der Waals surface area contributed by atoms with Crippen LogP contribution >= 0.6 is 23.2 Å². The number of benzene rings is 4. The molecule has 13 heteroatoms. The number of methoxy groups -OCH3 is 2. The van der Waals surface area contributed by atoms with Crippen LogP contribution in [0.5, 0.6) is 11.5 Å². The number of hydrogen-bond donors (Lipinski definition) is 1. The standard InChI is InChI=1S/C36H38Cl2FN3O6S/c1-5-24(2)40-36(44)32(20-25-10-7-6-8-11-25)41(22-29-30(37)12-9-13-31(29)38)35(43)23-42(27-16-14-26(39)15-17-27)49(45,46)28-18-19-33(47-3)34(21-28)48-4/h6-19,21,24,32H,5,20,22-23H2,1-4H3,(H,40,44)/t24-,32-/m1/s1. The number of nitrogens with one attached hydrogen (secondary N) is 1. The number of nitrogens with zero attached hydrogens (tertiary/aromatic N) is 2. The number of ether oxygens (including phenoxy) is 2. The minimum atomic E-state index is -4.49. The van der Waals surface area contributed by atoms with E-state index in [1.165, 1.54) is 49.5 Å². The van der Waals surface area contributed by atoms with Crippen LogP contribution in [0.15, 0.2) is 95.9 Å². The number of carbonyl (C=O) groups excluding carboxylic acids is 2. The molecule has 0 unspecified atom stereocenters. The van der Waals surface area contributed by atoms with E-state index in [2.05, 4.69) is 5.32 Å². The van der Waals surface area contributed by atoms with Crippen LogP contribution in [0.4, 0.5) is 10.1 Å². The van der Waals surface area contributed by atoms with Crippen LogP contribution in [0, 0.1) is 5.82 Å². The second-order valence-electron chi connectivity index (χ2n) is 11.3. The predicted octanol–water partition coefficient (Wildman–Crippen LogP) is 6.90. The molecule has 4 rings (SSSR count). The van der Waals surface area contributed by atoms with Crippen LogP contribution in [-0.4, -0.2) is 58.0 Å². The summed E-state index contributed by atoms with van der Waals surface area (Å²) in [7, 11) is -1.71. The highest BCUT2D eigenvalue weighted by Gasteiger charge is 2.36. The Bertz CT molecular complexity index is 1840. The molecule has 0 saturated carbocycles. The average molecular weight is 731 g/mol. The van der Waals surface area contributed by atoms with Crippen molar-refractivity contribution in [1.82, 2.24) is 10.2 Å². The first-order valence-corrected chi connectivity index (χ1v) is 17.7. The molecule has 0 saturated heterocycles. The van der Waals surface area contributed by atoms with Crippen LogP contribution in [0.25, 0.3) is 0 Å². The van der Waals surface area contributed by atoms with E-state index in [1.807, 2.05) is 44.2 Å². The zero-order valence-corrected chi connectivity index (χ0v) is 29.9. The molecule has 1 N–H and O–H groups in total. The van der Waals surface area contributed by atoms with Crippen LogP contribution in [-0.2, 0) is 32.6 Å². The fourth-order valence-corrected chi connectivity index (χ4v) is 7.04. The summed E-state index contributed by atoms with van der Waals surface area (Å²) >= 11 is 13.1.